The van der Waals surface area contributed by atoms with Gasteiger partial charge in [0.05, 0.1) is 6.04 Å². The molecule has 0 saturated carbocycles. The van der Waals surface area contributed by atoms with Crippen LogP contribution in [0.15, 0.2) is 24.3 Å². The van der Waals surface area contributed by atoms with E-state index in [2.05, 4.69) is 16.0 Å². The van der Waals surface area contributed by atoms with Gasteiger partial charge in [-0.15, -0.1) is 0 Å². The Bertz CT molecular complexity index is 1030. The number of nitrogens with two attached hydrogens (primary N) is 3. The van der Waals surface area contributed by atoms with E-state index in [9.17, 15) is 39.0 Å². The zero-order valence-corrected chi connectivity index (χ0v) is 22.0. The number of phenolic OH excluding ortho intramolecular Hbond substituents is 1. The molecule has 0 fully saturated rings. The fourth-order valence-electron chi connectivity index (χ4n) is 3.61. The molecule has 14 nitrogen and oxygen atoms in total. The fraction of sp³-hybridized carbons (Fsp3) is 0.520. The molecular weight excluding hydrogens is 512 g/mol. The van der Waals surface area contributed by atoms with Crippen LogP contribution in [0.1, 0.15) is 51.5 Å². The Morgan fingerprint density at radius 1 is 0.769 bits per heavy atom. The van der Waals surface area contributed by atoms with Crippen molar-refractivity contribution in [2.24, 2.45) is 23.1 Å². The predicted molar refractivity (Wildman–Crippen MR) is 140 cm³/mol. The minimum Gasteiger partial charge on any atom is -0.508 e. The lowest BCUT2D eigenvalue weighted by molar-refractivity contribution is -0.142. The number of nitrogens with one attached hydrogen (secondary N) is 3. The summed E-state index contributed by atoms with van der Waals surface area (Å²) in [6.07, 6.45) is -0.787. The third kappa shape index (κ3) is 12.7. The number of hydrogen-bond donors (Lipinski definition) is 8. The highest BCUT2D eigenvalue weighted by atomic mass is 16.4. The van der Waals surface area contributed by atoms with Gasteiger partial charge in [-0.05, 0) is 42.9 Å². The zero-order chi connectivity index (χ0) is 29.7. The van der Waals surface area contributed by atoms with Gasteiger partial charge in [0.25, 0.3) is 0 Å². The molecule has 0 bridgehead atoms. The molecular formula is C25H38N6O8. The highest BCUT2D eigenvalue weighted by Crippen LogP contribution is 2.13. The van der Waals surface area contributed by atoms with E-state index in [1.807, 2.05) is 13.8 Å². The number of primary amides is 2. The highest BCUT2D eigenvalue weighted by molar-refractivity contribution is 5.94. The van der Waals surface area contributed by atoms with Gasteiger partial charge >= 0.3 is 5.97 Å². The standard InChI is InChI=1S/C25H38N6O8/c1-13(2)11-16(26)22(35)29-17(7-9-20(27)33)23(36)31-19(12-14-3-5-15(32)6-4-14)24(37)30-18(25(38)39)8-10-21(28)34/h3-6,13,16-19,32H,7-12,26H2,1-2H3,(H2,27,33)(H2,28,34)(H,29,35)(H,30,37)(H,31,36)(H,38,39). The van der Waals surface area contributed by atoms with Crippen LogP contribution >= 0.6 is 0 Å². The molecule has 0 aliphatic carbocycles. The van der Waals surface area contributed by atoms with Gasteiger partial charge in [0, 0.05) is 19.3 Å². The number of benzene rings is 1. The van der Waals surface area contributed by atoms with Crippen LogP contribution in [-0.4, -0.2) is 69.9 Å². The van der Waals surface area contributed by atoms with Gasteiger partial charge in [-0.1, -0.05) is 26.0 Å². The normalized spacial score (nSPS) is 13.9. The number of phenols is 1. The van der Waals surface area contributed by atoms with E-state index in [4.69, 9.17) is 17.2 Å². The van der Waals surface area contributed by atoms with Gasteiger partial charge in [0.1, 0.15) is 23.9 Å². The Morgan fingerprint density at radius 2 is 1.23 bits per heavy atom. The average Bonchev–Trinajstić information content (AvgIpc) is 2.83. The van der Waals surface area contributed by atoms with E-state index < -0.39 is 59.7 Å². The Balaban J connectivity index is 3.18. The first kappa shape index (κ1) is 32.8. The lowest BCUT2D eigenvalue weighted by atomic mass is 10.0. The van der Waals surface area contributed by atoms with Crippen LogP contribution < -0.4 is 33.2 Å². The van der Waals surface area contributed by atoms with Gasteiger partial charge in [0.2, 0.25) is 29.5 Å². The number of carbonyl (C=O) groups is 6. The van der Waals surface area contributed by atoms with Gasteiger partial charge in [0.15, 0.2) is 0 Å². The average molecular weight is 551 g/mol. The minimum atomic E-state index is -1.47. The molecule has 0 aromatic heterocycles. The molecule has 4 atom stereocenters. The Labute approximate surface area is 226 Å². The van der Waals surface area contributed by atoms with Crippen LogP contribution in [0, 0.1) is 5.92 Å². The quantitative estimate of drug-likeness (QED) is 0.111. The van der Waals surface area contributed by atoms with Crippen molar-refractivity contribution in [3.63, 3.8) is 0 Å². The van der Waals surface area contributed by atoms with E-state index >= 15 is 0 Å². The summed E-state index contributed by atoms with van der Waals surface area (Å²) in [6.45, 7) is 3.73. The molecule has 39 heavy (non-hydrogen) atoms. The molecule has 1 rings (SSSR count). The van der Waals surface area contributed by atoms with Crippen LogP contribution in [0.25, 0.3) is 0 Å². The molecule has 0 aliphatic rings. The fourth-order valence-corrected chi connectivity index (χ4v) is 3.61. The molecule has 1 aromatic rings. The second-order valence-corrected chi connectivity index (χ2v) is 9.64. The van der Waals surface area contributed by atoms with Crippen molar-refractivity contribution in [1.82, 2.24) is 16.0 Å². The summed E-state index contributed by atoms with van der Waals surface area (Å²) in [7, 11) is 0. The molecule has 5 amide bonds. The minimum absolute atomic E-state index is 0.0341. The monoisotopic (exact) mass is 550 g/mol. The number of carboxylic acids is 1. The van der Waals surface area contributed by atoms with Crippen molar-refractivity contribution in [3.05, 3.63) is 29.8 Å². The molecule has 14 heteroatoms. The van der Waals surface area contributed by atoms with E-state index in [-0.39, 0.29) is 43.8 Å². The number of rotatable bonds is 17. The van der Waals surface area contributed by atoms with Crippen molar-refractivity contribution < 1.29 is 39.0 Å². The van der Waals surface area contributed by atoms with E-state index in [1.54, 1.807) is 0 Å². The molecule has 216 valence electrons. The second-order valence-electron chi connectivity index (χ2n) is 9.64. The number of carboxylic acid groups (broad SMARTS) is 1. The maximum absolute atomic E-state index is 13.2. The van der Waals surface area contributed by atoms with E-state index in [0.717, 1.165) is 0 Å². The summed E-state index contributed by atoms with van der Waals surface area (Å²) in [5.41, 5.74) is 16.7. The van der Waals surface area contributed by atoms with E-state index in [0.29, 0.717) is 12.0 Å². The molecule has 11 N–H and O–H groups in total. The summed E-state index contributed by atoms with van der Waals surface area (Å²) >= 11 is 0. The molecule has 1 aromatic carbocycles. The van der Waals surface area contributed by atoms with Gasteiger partial charge in [-0.3, -0.25) is 24.0 Å². The van der Waals surface area contributed by atoms with Gasteiger partial charge in [-0.2, -0.15) is 0 Å². The Morgan fingerprint density at radius 3 is 1.72 bits per heavy atom. The number of hydrogen-bond acceptors (Lipinski definition) is 8. The summed E-state index contributed by atoms with van der Waals surface area (Å²) in [5, 5.41) is 26.3. The first-order chi connectivity index (χ1) is 18.2. The Kier molecular flexibility index (Phi) is 13.4. The largest absolute Gasteiger partial charge is 0.508 e. The molecule has 4 unspecified atom stereocenters. The van der Waals surface area contributed by atoms with Crippen LogP contribution in [0.3, 0.4) is 0 Å². The van der Waals surface area contributed by atoms with Gasteiger partial charge < -0.3 is 43.4 Å². The first-order valence-corrected chi connectivity index (χ1v) is 12.4. The van der Waals surface area contributed by atoms with E-state index in [1.165, 1.54) is 24.3 Å². The third-order valence-electron chi connectivity index (χ3n) is 5.68. The molecule has 0 heterocycles. The van der Waals surface area contributed by atoms with Crippen LogP contribution in [0.2, 0.25) is 0 Å². The summed E-state index contributed by atoms with van der Waals surface area (Å²) < 4.78 is 0. The number of aromatic hydroxyl groups is 1. The van der Waals surface area contributed by atoms with Crippen LogP contribution in [0.4, 0.5) is 0 Å². The smallest absolute Gasteiger partial charge is 0.326 e. The molecule has 0 radical (unpaired) electrons. The van der Waals surface area contributed by atoms with Crippen molar-refractivity contribution in [3.8, 4) is 5.75 Å². The molecule has 0 saturated heterocycles. The summed E-state index contributed by atoms with van der Waals surface area (Å²) in [5.74, 6) is -5.17. The predicted octanol–water partition coefficient (Wildman–Crippen LogP) is -1.62. The maximum Gasteiger partial charge on any atom is 0.326 e. The molecule has 0 spiro atoms. The molecule has 0 aliphatic heterocycles. The summed E-state index contributed by atoms with van der Waals surface area (Å²) in [6, 6.07) is 0.728. The van der Waals surface area contributed by atoms with Crippen molar-refractivity contribution in [2.45, 2.75) is 76.5 Å². The number of carbonyl (C=O) groups excluding carboxylic acids is 5. The lowest BCUT2D eigenvalue weighted by Gasteiger charge is -2.25. The van der Waals surface area contributed by atoms with Crippen molar-refractivity contribution in [1.29, 1.82) is 0 Å². The number of amides is 5. The zero-order valence-electron chi connectivity index (χ0n) is 22.0. The Hall–Kier alpha value is -4.20. The lowest BCUT2D eigenvalue weighted by Crippen LogP contribution is -2.57. The topological polar surface area (TPSA) is 257 Å². The van der Waals surface area contributed by atoms with Gasteiger partial charge in [-0.25, -0.2) is 4.79 Å². The highest BCUT2D eigenvalue weighted by Gasteiger charge is 2.31. The van der Waals surface area contributed by atoms with Crippen LogP contribution in [0.5, 0.6) is 5.75 Å². The summed E-state index contributed by atoms with van der Waals surface area (Å²) in [4.78, 5) is 73.0. The second kappa shape index (κ2) is 15.9. The van der Waals surface area contributed by atoms with Crippen molar-refractivity contribution >= 4 is 35.5 Å². The maximum atomic E-state index is 13.2. The SMILES string of the molecule is CC(C)CC(N)C(=O)NC(CCC(N)=O)C(=O)NC(Cc1ccc(O)cc1)C(=O)NC(CCC(N)=O)C(=O)O. The third-order valence-corrected chi connectivity index (χ3v) is 5.68. The first-order valence-electron chi connectivity index (χ1n) is 12.4. The van der Waals surface area contributed by atoms with Crippen molar-refractivity contribution in [2.75, 3.05) is 0 Å². The van der Waals surface area contributed by atoms with Crippen LogP contribution in [-0.2, 0) is 35.2 Å². The number of aliphatic carboxylic acids is 1.